The lowest BCUT2D eigenvalue weighted by Gasteiger charge is -1.94. The third-order valence-electron chi connectivity index (χ3n) is 1.93. The van der Waals surface area contributed by atoms with Crippen molar-refractivity contribution < 1.29 is 9.90 Å². The van der Waals surface area contributed by atoms with E-state index in [0.717, 1.165) is 18.4 Å². The molecule has 1 heterocycles. The molecular weight excluding hydrogens is 184 g/mol. The van der Waals surface area contributed by atoms with Gasteiger partial charge in [0.25, 0.3) is 0 Å². The van der Waals surface area contributed by atoms with Gasteiger partial charge in [0.2, 0.25) is 0 Å². The molecule has 0 bridgehead atoms. The van der Waals surface area contributed by atoms with Crippen LogP contribution in [0.2, 0.25) is 0 Å². The van der Waals surface area contributed by atoms with Crippen LogP contribution in [0.15, 0.2) is 11.4 Å². The van der Waals surface area contributed by atoms with Crippen molar-refractivity contribution in [3.63, 3.8) is 0 Å². The molecule has 72 valence electrons. The molecule has 1 aromatic heterocycles. The second-order valence-electron chi connectivity index (χ2n) is 3.08. The van der Waals surface area contributed by atoms with Gasteiger partial charge in [0.1, 0.15) is 4.88 Å². The summed E-state index contributed by atoms with van der Waals surface area (Å²) in [5.74, 6) is -0.813. The van der Waals surface area contributed by atoms with E-state index in [1.807, 2.05) is 5.38 Å². The molecular formula is C10H14O2S. The van der Waals surface area contributed by atoms with Crippen LogP contribution in [-0.4, -0.2) is 11.1 Å². The quantitative estimate of drug-likeness (QED) is 0.738. The number of hydrogen-bond acceptors (Lipinski definition) is 2. The van der Waals surface area contributed by atoms with Crippen LogP contribution in [0.5, 0.6) is 0 Å². The minimum atomic E-state index is -0.813. The monoisotopic (exact) mass is 198 g/mol. The molecule has 0 aliphatic carbocycles. The van der Waals surface area contributed by atoms with Gasteiger partial charge in [-0.2, -0.15) is 0 Å². The van der Waals surface area contributed by atoms with Crippen molar-refractivity contribution in [2.75, 3.05) is 0 Å². The lowest BCUT2D eigenvalue weighted by Crippen LogP contribution is -1.90. The van der Waals surface area contributed by atoms with Crippen molar-refractivity contribution in [1.29, 1.82) is 0 Å². The highest BCUT2D eigenvalue weighted by Crippen LogP contribution is 2.16. The van der Waals surface area contributed by atoms with Crippen LogP contribution in [0.1, 0.15) is 41.4 Å². The topological polar surface area (TPSA) is 37.3 Å². The maximum atomic E-state index is 10.6. The molecule has 0 amide bonds. The van der Waals surface area contributed by atoms with E-state index in [-0.39, 0.29) is 0 Å². The second-order valence-corrected chi connectivity index (χ2v) is 3.99. The third-order valence-corrected chi connectivity index (χ3v) is 2.90. The fourth-order valence-corrected chi connectivity index (χ4v) is 1.98. The van der Waals surface area contributed by atoms with Crippen LogP contribution in [0, 0.1) is 0 Å². The summed E-state index contributed by atoms with van der Waals surface area (Å²) in [5.41, 5.74) is 1.16. The molecule has 0 aromatic carbocycles. The zero-order valence-corrected chi connectivity index (χ0v) is 8.56. The fourth-order valence-electron chi connectivity index (χ4n) is 1.20. The first-order valence-electron chi connectivity index (χ1n) is 4.54. The largest absolute Gasteiger partial charge is 0.477 e. The van der Waals surface area contributed by atoms with Crippen LogP contribution in [-0.2, 0) is 6.42 Å². The molecule has 1 aromatic rings. The highest BCUT2D eigenvalue weighted by Gasteiger charge is 2.05. The summed E-state index contributed by atoms with van der Waals surface area (Å²) in [4.78, 5) is 11.0. The maximum Gasteiger partial charge on any atom is 0.345 e. The molecule has 0 unspecified atom stereocenters. The van der Waals surface area contributed by atoms with E-state index in [0.29, 0.717) is 4.88 Å². The first kappa shape index (κ1) is 10.3. The van der Waals surface area contributed by atoms with Crippen LogP contribution >= 0.6 is 11.3 Å². The Morgan fingerprint density at radius 2 is 2.31 bits per heavy atom. The molecule has 2 nitrogen and oxygen atoms in total. The van der Waals surface area contributed by atoms with E-state index in [9.17, 15) is 4.79 Å². The van der Waals surface area contributed by atoms with Gasteiger partial charge in [-0.15, -0.1) is 11.3 Å². The van der Waals surface area contributed by atoms with Gasteiger partial charge in [0, 0.05) is 0 Å². The number of hydrogen-bond donors (Lipinski definition) is 1. The van der Waals surface area contributed by atoms with Gasteiger partial charge in [0.15, 0.2) is 0 Å². The fraction of sp³-hybridized carbons (Fsp3) is 0.500. The van der Waals surface area contributed by atoms with Crippen molar-refractivity contribution in [2.45, 2.75) is 32.6 Å². The van der Waals surface area contributed by atoms with Crippen molar-refractivity contribution in [3.05, 3.63) is 21.9 Å². The third kappa shape index (κ3) is 3.19. The Hall–Kier alpha value is -0.830. The van der Waals surface area contributed by atoms with Gasteiger partial charge >= 0.3 is 5.97 Å². The summed E-state index contributed by atoms with van der Waals surface area (Å²) >= 11 is 1.32. The molecule has 0 radical (unpaired) electrons. The number of rotatable bonds is 5. The number of aromatic carboxylic acids is 1. The maximum absolute atomic E-state index is 10.6. The van der Waals surface area contributed by atoms with Crippen molar-refractivity contribution in [2.24, 2.45) is 0 Å². The molecule has 0 spiro atoms. The number of aryl methyl sites for hydroxylation is 1. The van der Waals surface area contributed by atoms with Crippen molar-refractivity contribution in [1.82, 2.24) is 0 Å². The summed E-state index contributed by atoms with van der Waals surface area (Å²) < 4.78 is 0. The van der Waals surface area contributed by atoms with Crippen molar-refractivity contribution in [3.8, 4) is 0 Å². The Kier molecular flexibility index (Phi) is 3.96. The van der Waals surface area contributed by atoms with Crippen molar-refractivity contribution >= 4 is 17.3 Å². The minimum Gasteiger partial charge on any atom is -0.477 e. The number of carboxylic acids is 1. The first-order chi connectivity index (χ1) is 6.24. The Balaban J connectivity index is 2.44. The standard InChI is InChI=1S/C10H14O2S/c1-2-3-4-5-8-6-9(10(11)12)13-7-8/h6-7H,2-5H2,1H3,(H,11,12). The Bertz CT molecular complexity index is 278. The predicted molar refractivity (Wildman–Crippen MR) is 54.5 cm³/mol. The van der Waals surface area contributed by atoms with E-state index in [4.69, 9.17) is 5.11 Å². The van der Waals surface area contributed by atoms with Crippen LogP contribution < -0.4 is 0 Å². The summed E-state index contributed by atoms with van der Waals surface area (Å²) in [6.45, 7) is 2.16. The summed E-state index contributed by atoms with van der Waals surface area (Å²) in [6.07, 6.45) is 4.60. The second kappa shape index (κ2) is 5.02. The van der Waals surface area contributed by atoms with Gasteiger partial charge in [0.05, 0.1) is 0 Å². The summed E-state index contributed by atoms with van der Waals surface area (Å²) in [5, 5.41) is 10.6. The average molecular weight is 198 g/mol. The lowest BCUT2D eigenvalue weighted by atomic mass is 10.1. The zero-order chi connectivity index (χ0) is 9.68. The van der Waals surface area contributed by atoms with Gasteiger partial charge in [-0.25, -0.2) is 4.79 Å². The van der Waals surface area contributed by atoms with Crippen LogP contribution in [0.3, 0.4) is 0 Å². The zero-order valence-electron chi connectivity index (χ0n) is 7.75. The molecule has 1 rings (SSSR count). The molecule has 3 heteroatoms. The van der Waals surface area contributed by atoms with E-state index in [2.05, 4.69) is 6.92 Å². The van der Waals surface area contributed by atoms with Gasteiger partial charge in [-0.05, 0) is 29.9 Å². The normalized spacial score (nSPS) is 10.2. The Morgan fingerprint density at radius 1 is 1.54 bits per heavy atom. The van der Waals surface area contributed by atoms with Gasteiger partial charge < -0.3 is 5.11 Å². The van der Waals surface area contributed by atoms with Gasteiger partial charge in [-0.1, -0.05) is 19.8 Å². The summed E-state index contributed by atoms with van der Waals surface area (Å²) in [7, 11) is 0. The van der Waals surface area contributed by atoms with E-state index in [1.54, 1.807) is 6.07 Å². The van der Waals surface area contributed by atoms with E-state index >= 15 is 0 Å². The SMILES string of the molecule is CCCCCc1csc(C(=O)O)c1. The molecule has 0 saturated heterocycles. The highest BCUT2D eigenvalue weighted by molar-refractivity contribution is 7.12. The van der Waals surface area contributed by atoms with E-state index in [1.165, 1.54) is 24.2 Å². The molecule has 0 saturated carbocycles. The Morgan fingerprint density at radius 3 is 2.85 bits per heavy atom. The van der Waals surface area contributed by atoms with E-state index < -0.39 is 5.97 Å². The predicted octanol–water partition coefficient (Wildman–Crippen LogP) is 3.18. The molecule has 13 heavy (non-hydrogen) atoms. The molecule has 1 N–H and O–H groups in total. The smallest absolute Gasteiger partial charge is 0.345 e. The molecule has 0 aliphatic rings. The van der Waals surface area contributed by atoms with Gasteiger partial charge in [-0.3, -0.25) is 0 Å². The molecule has 0 atom stereocenters. The van der Waals surface area contributed by atoms with Crippen LogP contribution in [0.4, 0.5) is 0 Å². The number of carbonyl (C=O) groups is 1. The van der Waals surface area contributed by atoms with Crippen LogP contribution in [0.25, 0.3) is 0 Å². The number of unbranched alkanes of at least 4 members (excludes halogenated alkanes) is 2. The Labute approximate surface area is 82.2 Å². The number of carboxylic acid groups (broad SMARTS) is 1. The minimum absolute atomic E-state index is 0.450. The lowest BCUT2D eigenvalue weighted by molar-refractivity contribution is 0.0702. The highest BCUT2D eigenvalue weighted by atomic mass is 32.1. The first-order valence-corrected chi connectivity index (χ1v) is 5.42. The average Bonchev–Trinajstić information content (AvgIpc) is 2.53. The molecule has 0 fully saturated rings. The summed E-state index contributed by atoms with van der Waals surface area (Å²) in [6, 6.07) is 1.78. The number of thiophene rings is 1. The molecule has 0 aliphatic heterocycles.